The molecule has 0 radical (unpaired) electrons. The van der Waals surface area contributed by atoms with Crippen LogP contribution in [0.3, 0.4) is 0 Å². The molecule has 138 valence electrons. The maximum atomic E-state index is 12.3. The second kappa shape index (κ2) is 8.63. The van der Waals surface area contributed by atoms with Crippen molar-refractivity contribution in [2.24, 2.45) is 5.73 Å². The van der Waals surface area contributed by atoms with Crippen molar-refractivity contribution in [2.45, 2.75) is 24.3 Å². The van der Waals surface area contributed by atoms with E-state index in [1.807, 2.05) is 0 Å². The molecular formula is C15H17N5O4S2. The van der Waals surface area contributed by atoms with E-state index in [-0.39, 0.29) is 34.6 Å². The molecule has 0 saturated carbocycles. The number of aromatic nitrogens is 2. The minimum absolute atomic E-state index is 0.0252. The predicted octanol–water partition coefficient (Wildman–Crippen LogP) is 1.52. The van der Waals surface area contributed by atoms with E-state index in [2.05, 4.69) is 15.3 Å². The van der Waals surface area contributed by atoms with E-state index < -0.39 is 17.1 Å². The molecule has 0 spiro atoms. The van der Waals surface area contributed by atoms with Gasteiger partial charge in [-0.05, 0) is 25.3 Å². The van der Waals surface area contributed by atoms with Gasteiger partial charge in [-0.15, -0.1) is 11.3 Å². The average molecular weight is 395 g/mol. The number of thioether (sulfide) groups is 1. The van der Waals surface area contributed by atoms with Crippen LogP contribution in [0.5, 0.6) is 0 Å². The summed E-state index contributed by atoms with van der Waals surface area (Å²) in [5.74, 6) is -1.60. The van der Waals surface area contributed by atoms with Gasteiger partial charge >= 0.3 is 5.97 Å². The van der Waals surface area contributed by atoms with E-state index in [4.69, 9.17) is 16.2 Å². The van der Waals surface area contributed by atoms with Gasteiger partial charge in [-0.25, -0.2) is 14.8 Å². The molecule has 0 unspecified atom stereocenters. The smallest absolute Gasteiger partial charge is 0.343 e. The summed E-state index contributed by atoms with van der Waals surface area (Å²) in [5.41, 5.74) is 11.3. The first-order chi connectivity index (χ1) is 12.3. The lowest BCUT2D eigenvalue weighted by Gasteiger charge is -2.11. The molecule has 9 nitrogen and oxygen atoms in total. The maximum absolute atomic E-state index is 12.3. The van der Waals surface area contributed by atoms with Crippen LogP contribution in [-0.2, 0) is 9.53 Å². The largest absolute Gasteiger partial charge is 0.462 e. The number of nitrogens with two attached hydrogens (primary N) is 2. The summed E-state index contributed by atoms with van der Waals surface area (Å²) in [6.07, 6.45) is 1.26. The number of amides is 2. The molecule has 0 bridgehead atoms. The number of carbonyl (C=O) groups is 3. The lowest BCUT2D eigenvalue weighted by Crippen LogP contribution is -2.24. The molecule has 11 heteroatoms. The highest BCUT2D eigenvalue weighted by Crippen LogP contribution is 2.26. The van der Waals surface area contributed by atoms with Crippen LogP contribution in [0, 0.1) is 0 Å². The zero-order valence-electron chi connectivity index (χ0n) is 14.0. The summed E-state index contributed by atoms with van der Waals surface area (Å²) in [6.45, 7) is 3.54. The maximum Gasteiger partial charge on any atom is 0.343 e. The fourth-order valence-corrected chi connectivity index (χ4v) is 3.37. The number of anilines is 2. The molecule has 2 aromatic rings. The van der Waals surface area contributed by atoms with Crippen LogP contribution in [0.15, 0.2) is 22.8 Å². The number of thiophene rings is 1. The summed E-state index contributed by atoms with van der Waals surface area (Å²) >= 11 is 2.26. The number of ether oxygens (including phenoxy) is 1. The summed E-state index contributed by atoms with van der Waals surface area (Å²) in [6, 6.07) is 1.54. The molecule has 0 aliphatic heterocycles. The van der Waals surface area contributed by atoms with E-state index in [1.54, 1.807) is 25.3 Å². The molecule has 2 heterocycles. The van der Waals surface area contributed by atoms with Crippen molar-refractivity contribution in [3.05, 3.63) is 28.8 Å². The van der Waals surface area contributed by atoms with Gasteiger partial charge in [0.2, 0.25) is 5.91 Å². The van der Waals surface area contributed by atoms with Gasteiger partial charge in [0.1, 0.15) is 16.4 Å². The van der Waals surface area contributed by atoms with Crippen molar-refractivity contribution in [3.63, 3.8) is 0 Å². The molecule has 2 aromatic heterocycles. The second-order valence-electron chi connectivity index (χ2n) is 4.95. The third-order valence-electron chi connectivity index (χ3n) is 3.11. The summed E-state index contributed by atoms with van der Waals surface area (Å²) < 4.78 is 4.85. The number of nitrogen functional groups attached to an aromatic ring is 1. The molecule has 0 fully saturated rings. The monoisotopic (exact) mass is 395 g/mol. The Morgan fingerprint density at radius 3 is 2.73 bits per heavy atom. The SMILES string of the molecule is CCOC(=O)c1cnc(S[C@H](C)C(=O)Nc2sccc2C(N)=O)nc1N. The molecule has 5 N–H and O–H groups in total. The van der Waals surface area contributed by atoms with Crippen LogP contribution in [0.4, 0.5) is 10.8 Å². The highest BCUT2D eigenvalue weighted by Gasteiger charge is 2.21. The predicted molar refractivity (Wildman–Crippen MR) is 99.2 cm³/mol. The highest BCUT2D eigenvalue weighted by atomic mass is 32.2. The van der Waals surface area contributed by atoms with Gasteiger partial charge in [0.15, 0.2) is 5.16 Å². The highest BCUT2D eigenvalue weighted by molar-refractivity contribution is 8.00. The molecular weight excluding hydrogens is 378 g/mol. The van der Waals surface area contributed by atoms with Gasteiger partial charge in [-0.1, -0.05) is 11.8 Å². The van der Waals surface area contributed by atoms with Crippen molar-refractivity contribution in [3.8, 4) is 0 Å². The second-order valence-corrected chi connectivity index (χ2v) is 7.17. The number of hydrogen-bond acceptors (Lipinski definition) is 9. The van der Waals surface area contributed by atoms with Gasteiger partial charge in [0, 0.05) is 6.20 Å². The number of nitrogens with zero attached hydrogens (tertiary/aromatic N) is 2. The molecule has 1 atom stereocenters. The van der Waals surface area contributed by atoms with Crippen LogP contribution in [0.1, 0.15) is 34.6 Å². The van der Waals surface area contributed by atoms with E-state index in [9.17, 15) is 14.4 Å². The minimum atomic E-state index is -0.618. The van der Waals surface area contributed by atoms with Crippen molar-refractivity contribution in [2.75, 3.05) is 17.7 Å². The Labute approximate surface area is 157 Å². The summed E-state index contributed by atoms with van der Waals surface area (Å²) in [5, 5.41) is 4.35. The number of nitrogens with one attached hydrogen (secondary N) is 1. The minimum Gasteiger partial charge on any atom is -0.462 e. The Morgan fingerprint density at radius 1 is 1.38 bits per heavy atom. The third-order valence-corrected chi connectivity index (χ3v) is 4.92. The fourth-order valence-electron chi connectivity index (χ4n) is 1.83. The first kappa shape index (κ1) is 19.7. The van der Waals surface area contributed by atoms with Crippen molar-refractivity contribution < 1.29 is 19.1 Å². The molecule has 2 rings (SSSR count). The summed E-state index contributed by atoms with van der Waals surface area (Å²) in [4.78, 5) is 43.3. The number of primary amides is 1. The Morgan fingerprint density at radius 2 is 2.12 bits per heavy atom. The van der Waals surface area contributed by atoms with Crippen molar-refractivity contribution in [1.82, 2.24) is 9.97 Å². The van der Waals surface area contributed by atoms with E-state index >= 15 is 0 Å². The fraction of sp³-hybridized carbons (Fsp3) is 0.267. The lowest BCUT2D eigenvalue weighted by atomic mass is 10.3. The first-order valence-electron chi connectivity index (χ1n) is 7.48. The first-order valence-corrected chi connectivity index (χ1v) is 9.23. The topological polar surface area (TPSA) is 150 Å². The molecule has 0 aromatic carbocycles. The standard InChI is InChI=1S/C15H17N5O4S2/c1-3-24-14(23)9-6-18-15(19-10(9)16)26-7(2)12(22)20-13-8(11(17)21)4-5-25-13/h4-7H,3H2,1-2H3,(H2,17,21)(H,20,22)(H2,16,18,19)/t7-/m1/s1. The van der Waals surface area contributed by atoms with Gasteiger partial charge in [0.05, 0.1) is 17.4 Å². The van der Waals surface area contributed by atoms with E-state index in [0.717, 1.165) is 11.8 Å². The normalized spacial score (nSPS) is 11.6. The molecule has 2 amide bonds. The van der Waals surface area contributed by atoms with Crippen LogP contribution < -0.4 is 16.8 Å². The van der Waals surface area contributed by atoms with Gasteiger partial charge in [-0.3, -0.25) is 9.59 Å². The molecule has 0 aliphatic rings. The number of esters is 1. The molecule has 26 heavy (non-hydrogen) atoms. The Hall–Kier alpha value is -2.66. The van der Waals surface area contributed by atoms with Crippen molar-refractivity contribution >= 4 is 51.7 Å². The third kappa shape index (κ3) is 4.70. The summed E-state index contributed by atoms with van der Waals surface area (Å²) in [7, 11) is 0. The number of hydrogen-bond donors (Lipinski definition) is 3. The molecule has 0 aliphatic carbocycles. The van der Waals surface area contributed by atoms with Crippen molar-refractivity contribution in [1.29, 1.82) is 0 Å². The number of rotatable bonds is 7. The molecule has 0 saturated heterocycles. The Kier molecular flexibility index (Phi) is 6.52. The van der Waals surface area contributed by atoms with E-state index in [0.29, 0.717) is 5.00 Å². The number of carbonyl (C=O) groups excluding carboxylic acids is 3. The van der Waals surface area contributed by atoms with Crippen LogP contribution in [0.2, 0.25) is 0 Å². The Balaban J connectivity index is 2.04. The van der Waals surface area contributed by atoms with Gasteiger partial charge in [0.25, 0.3) is 5.91 Å². The Bertz CT molecular complexity index is 839. The zero-order valence-corrected chi connectivity index (χ0v) is 15.6. The van der Waals surface area contributed by atoms with Gasteiger partial charge < -0.3 is 21.5 Å². The average Bonchev–Trinajstić information content (AvgIpc) is 3.03. The quantitative estimate of drug-likeness (QED) is 0.363. The van der Waals surface area contributed by atoms with E-state index in [1.165, 1.54) is 17.5 Å². The van der Waals surface area contributed by atoms with Crippen LogP contribution in [-0.4, -0.2) is 39.6 Å². The lowest BCUT2D eigenvalue weighted by molar-refractivity contribution is -0.115. The van der Waals surface area contributed by atoms with Crippen LogP contribution in [0.25, 0.3) is 0 Å². The van der Waals surface area contributed by atoms with Gasteiger partial charge in [-0.2, -0.15) is 0 Å². The zero-order chi connectivity index (χ0) is 19.3. The van der Waals surface area contributed by atoms with Crippen LogP contribution >= 0.6 is 23.1 Å².